The molecule has 1 saturated heterocycles. The quantitative estimate of drug-likeness (QED) is 0.158. The van der Waals surface area contributed by atoms with Crippen molar-refractivity contribution in [3.8, 4) is 0 Å². The van der Waals surface area contributed by atoms with Crippen LogP contribution in [0.3, 0.4) is 0 Å². The van der Waals surface area contributed by atoms with Gasteiger partial charge in [0.05, 0.1) is 11.8 Å². The number of benzene rings is 4. The van der Waals surface area contributed by atoms with E-state index in [1.54, 1.807) is 6.08 Å². The van der Waals surface area contributed by atoms with Crippen LogP contribution in [0, 0.1) is 11.8 Å². The van der Waals surface area contributed by atoms with Crippen molar-refractivity contribution in [2.24, 2.45) is 11.8 Å². The Hall–Kier alpha value is -4.50. The summed E-state index contributed by atoms with van der Waals surface area (Å²) >= 11 is 0. The van der Waals surface area contributed by atoms with Gasteiger partial charge < -0.3 is 4.74 Å². The smallest absolute Gasteiger partial charge is 0.314 e. The predicted molar refractivity (Wildman–Crippen MR) is 147 cm³/mol. The van der Waals surface area contributed by atoms with Crippen molar-refractivity contribution < 1.29 is 14.3 Å². The number of ketones is 1. The zero-order valence-electron chi connectivity index (χ0n) is 20.4. The van der Waals surface area contributed by atoms with Crippen LogP contribution in [0.2, 0.25) is 0 Å². The summed E-state index contributed by atoms with van der Waals surface area (Å²) in [5, 5.41) is 0. The lowest BCUT2D eigenvalue weighted by atomic mass is 9.62. The van der Waals surface area contributed by atoms with Crippen LogP contribution in [0.1, 0.15) is 33.0 Å². The van der Waals surface area contributed by atoms with Gasteiger partial charge in [-0.05, 0) is 17.2 Å². The van der Waals surface area contributed by atoms with E-state index in [4.69, 9.17) is 4.74 Å². The van der Waals surface area contributed by atoms with Crippen molar-refractivity contribution >= 4 is 17.8 Å². The van der Waals surface area contributed by atoms with Crippen LogP contribution in [-0.2, 0) is 15.1 Å². The topological polar surface area (TPSA) is 43.4 Å². The molecule has 0 aromatic heterocycles. The average Bonchev–Trinajstić information content (AvgIpc) is 2.97. The van der Waals surface area contributed by atoms with Crippen LogP contribution < -0.4 is 0 Å². The van der Waals surface area contributed by atoms with Gasteiger partial charge in [-0.15, -0.1) is 6.58 Å². The molecule has 3 nitrogen and oxygen atoms in total. The van der Waals surface area contributed by atoms with Gasteiger partial charge in [-0.2, -0.15) is 0 Å². The van der Waals surface area contributed by atoms with Crippen LogP contribution in [-0.4, -0.2) is 11.8 Å². The second-order valence-electron chi connectivity index (χ2n) is 9.23. The maximum Gasteiger partial charge on any atom is 0.314 e. The molecule has 3 heteroatoms. The summed E-state index contributed by atoms with van der Waals surface area (Å²) in [7, 11) is 0. The maximum absolute atomic E-state index is 14.5. The number of rotatable bonds is 7. The van der Waals surface area contributed by atoms with Crippen LogP contribution in [0.15, 0.2) is 140 Å². The Morgan fingerprint density at radius 3 is 1.89 bits per heavy atom. The fraction of sp³-hybridized carbons (Fsp3) is 0.118. The van der Waals surface area contributed by atoms with Crippen molar-refractivity contribution in [3.05, 3.63) is 162 Å². The Balaban J connectivity index is 1.80. The first-order chi connectivity index (χ1) is 18.1. The van der Waals surface area contributed by atoms with Gasteiger partial charge in [-0.1, -0.05) is 133 Å². The number of carbonyl (C=O) groups is 2. The number of Topliss-reactive ketones (excluding diaryl/α,β-unsaturated/α-hetero) is 1. The first kappa shape index (κ1) is 24.2. The molecule has 182 valence electrons. The zero-order chi connectivity index (χ0) is 25.7. The van der Waals surface area contributed by atoms with Gasteiger partial charge in [0.1, 0.15) is 0 Å². The first-order valence-corrected chi connectivity index (χ1v) is 12.4. The molecule has 0 radical (unpaired) electrons. The largest absolute Gasteiger partial charge is 0.449 e. The van der Waals surface area contributed by atoms with Gasteiger partial charge in [0.25, 0.3) is 0 Å². The van der Waals surface area contributed by atoms with Crippen molar-refractivity contribution in [3.63, 3.8) is 0 Å². The molecule has 0 amide bonds. The van der Waals surface area contributed by atoms with E-state index in [9.17, 15) is 9.59 Å². The van der Waals surface area contributed by atoms with E-state index in [1.165, 1.54) is 0 Å². The lowest BCUT2D eigenvalue weighted by Crippen LogP contribution is -2.53. The van der Waals surface area contributed by atoms with Crippen molar-refractivity contribution in [1.29, 1.82) is 0 Å². The fourth-order valence-corrected chi connectivity index (χ4v) is 5.33. The van der Waals surface area contributed by atoms with E-state index in [1.807, 2.05) is 133 Å². The Labute approximate surface area is 217 Å². The van der Waals surface area contributed by atoms with E-state index >= 15 is 0 Å². The number of hydrogen-bond donors (Lipinski definition) is 0. The third-order valence-electron chi connectivity index (χ3n) is 7.08. The number of hydrogen-bond acceptors (Lipinski definition) is 3. The minimum Gasteiger partial charge on any atom is -0.449 e. The van der Waals surface area contributed by atoms with Crippen molar-refractivity contribution in [2.75, 3.05) is 0 Å². The monoisotopic (exact) mass is 484 g/mol. The van der Waals surface area contributed by atoms with Gasteiger partial charge >= 0.3 is 5.97 Å². The summed E-state index contributed by atoms with van der Waals surface area (Å²) in [6.45, 7) is 3.96. The average molecular weight is 485 g/mol. The van der Waals surface area contributed by atoms with Crippen LogP contribution in [0.25, 0.3) is 6.08 Å². The van der Waals surface area contributed by atoms with Crippen molar-refractivity contribution in [1.82, 2.24) is 0 Å². The summed E-state index contributed by atoms with van der Waals surface area (Å²) in [5.41, 5.74) is 1.82. The van der Waals surface area contributed by atoms with E-state index < -0.39 is 29.3 Å². The molecule has 4 aromatic carbocycles. The molecular formula is C34H28O3. The first-order valence-electron chi connectivity index (χ1n) is 12.4. The highest BCUT2D eigenvalue weighted by atomic mass is 16.6. The molecule has 4 aromatic rings. The Morgan fingerprint density at radius 2 is 1.30 bits per heavy atom. The Bertz CT molecular complexity index is 1390. The predicted octanol–water partition coefficient (Wildman–Crippen LogP) is 7.24. The molecule has 4 atom stereocenters. The second-order valence-corrected chi connectivity index (χ2v) is 9.23. The van der Waals surface area contributed by atoms with Crippen LogP contribution in [0.4, 0.5) is 0 Å². The Morgan fingerprint density at radius 1 is 0.757 bits per heavy atom. The SMILES string of the molecule is C=CC1C(=O)OC(/C=C/c2ccccc2)(c2ccccc2)C(C(=O)c2ccccc2)C1c1ccccc1. The molecule has 1 fully saturated rings. The summed E-state index contributed by atoms with van der Waals surface area (Å²) in [4.78, 5) is 28.2. The highest BCUT2D eigenvalue weighted by Crippen LogP contribution is 2.52. The maximum atomic E-state index is 14.5. The van der Waals surface area contributed by atoms with E-state index in [2.05, 4.69) is 6.58 Å². The molecule has 1 aliphatic rings. The van der Waals surface area contributed by atoms with Crippen LogP contribution >= 0.6 is 0 Å². The van der Waals surface area contributed by atoms with Gasteiger partial charge in [0.2, 0.25) is 0 Å². The molecule has 0 spiro atoms. The van der Waals surface area contributed by atoms with E-state index in [-0.39, 0.29) is 5.78 Å². The molecule has 1 aliphatic heterocycles. The van der Waals surface area contributed by atoms with Crippen LogP contribution in [0.5, 0.6) is 0 Å². The lowest BCUT2D eigenvalue weighted by Gasteiger charge is -2.48. The lowest BCUT2D eigenvalue weighted by molar-refractivity contribution is -0.175. The normalized spacial score (nSPS) is 23.4. The second kappa shape index (κ2) is 10.6. The molecule has 0 bridgehead atoms. The van der Waals surface area contributed by atoms with Gasteiger partial charge in [-0.3, -0.25) is 9.59 Å². The fourth-order valence-electron chi connectivity index (χ4n) is 5.33. The minimum atomic E-state index is -1.33. The highest BCUT2D eigenvalue weighted by molar-refractivity contribution is 6.01. The van der Waals surface area contributed by atoms with Gasteiger partial charge in [0, 0.05) is 17.0 Å². The molecule has 37 heavy (non-hydrogen) atoms. The summed E-state index contributed by atoms with van der Waals surface area (Å²) in [6, 6.07) is 38.4. The molecule has 5 rings (SSSR count). The molecular weight excluding hydrogens is 456 g/mol. The third kappa shape index (κ3) is 4.68. The highest BCUT2D eigenvalue weighted by Gasteiger charge is 2.57. The van der Waals surface area contributed by atoms with E-state index in [0.717, 1.165) is 16.7 Å². The summed E-state index contributed by atoms with van der Waals surface area (Å²) in [6.07, 6.45) is 5.43. The number of esters is 1. The standard InChI is InChI=1S/C34H28O3/c1-2-29-30(26-17-9-4-10-18-26)31(32(35)27-19-11-5-12-20-27)34(37-33(29)36,28-21-13-6-14-22-28)24-23-25-15-7-3-8-16-25/h2-24,29-31H,1H2/b24-23+. The molecule has 1 heterocycles. The molecule has 0 saturated carbocycles. The van der Waals surface area contributed by atoms with Gasteiger partial charge in [-0.25, -0.2) is 0 Å². The summed E-state index contributed by atoms with van der Waals surface area (Å²) in [5.74, 6) is -2.38. The molecule has 0 N–H and O–H groups in total. The van der Waals surface area contributed by atoms with Gasteiger partial charge in [0.15, 0.2) is 11.4 Å². The molecule has 4 unspecified atom stereocenters. The van der Waals surface area contributed by atoms with Crippen molar-refractivity contribution in [2.45, 2.75) is 11.5 Å². The Kier molecular flexibility index (Phi) is 6.96. The zero-order valence-corrected chi connectivity index (χ0v) is 20.4. The number of cyclic esters (lactones) is 1. The summed E-state index contributed by atoms with van der Waals surface area (Å²) < 4.78 is 6.37. The number of carbonyl (C=O) groups excluding carboxylic acids is 2. The van der Waals surface area contributed by atoms with E-state index in [0.29, 0.717) is 5.56 Å². The third-order valence-corrected chi connectivity index (χ3v) is 7.08. The minimum absolute atomic E-state index is 0.0876. The molecule has 0 aliphatic carbocycles. The number of ether oxygens (including phenoxy) is 1.